The Balaban J connectivity index is 2.13. The summed E-state index contributed by atoms with van der Waals surface area (Å²) in [5, 5.41) is 13.5. The maximum atomic E-state index is 12.3. The monoisotopic (exact) mass is 394 g/mol. The van der Waals surface area contributed by atoms with Gasteiger partial charge in [0.2, 0.25) is 0 Å². The van der Waals surface area contributed by atoms with Gasteiger partial charge in [-0.1, -0.05) is 22.0 Å². The van der Waals surface area contributed by atoms with Crippen molar-refractivity contribution in [3.8, 4) is 11.5 Å². The second kappa shape index (κ2) is 7.78. The molecule has 0 aliphatic heterocycles. The van der Waals surface area contributed by atoms with Crippen molar-refractivity contribution in [3.63, 3.8) is 0 Å². The van der Waals surface area contributed by atoms with Gasteiger partial charge in [-0.05, 0) is 31.2 Å². The first-order valence-electron chi connectivity index (χ1n) is 6.96. The number of methoxy groups -OCH3 is 1. The summed E-state index contributed by atoms with van der Waals surface area (Å²) >= 11 is 3.32. The highest BCUT2D eigenvalue weighted by molar-refractivity contribution is 9.10. The SMILES string of the molecule is COc1ccc([N+](=O)[O-])cc1NC(=O)[C@@H](C)Oc1cccc(Br)c1. The molecule has 0 heterocycles. The molecule has 0 saturated heterocycles. The van der Waals surface area contributed by atoms with Crippen LogP contribution in [0.5, 0.6) is 11.5 Å². The van der Waals surface area contributed by atoms with Crippen LogP contribution in [0.3, 0.4) is 0 Å². The molecule has 126 valence electrons. The Morgan fingerprint density at radius 3 is 2.67 bits per heavy atom. The van der Waals surface area contributed by atoms with Crippen LogP contribution in [0.2, 0.25) is 0 Å². The summed E-state index contributed by atoms with van der Waals surface area (Å²) in [5.74, 6) is 0.399. The van der Waals surface area contributed by atoms with E-state index in [-0.39, 0.29) is 11.4 Å². The summed E-state index contributed by atoms with van der Waals surface area (Å²) in [7, 11) is 1.41. The van der Waals surface area contributed by atoms with Crippen molar-refractivity contribution in [1.82, 2.24) is 0 Å². The number of hydrogen-bond acceptors (Lipinski definition) is 5. The first-order chi connectivity index (χ1) is 11.4. The Morgan fingerprint density at radius 1 is 1.29 bits per heavy atom. The smallest absolute Gasteiger partial charge is 0.271 e. The maximum Gasteiger partial charge on any atom is 0.271 e. The second-order valence-electron chi connectivity index (χ2n) is 4.85. The number of ether oxygens (including phenoxy) is 2. The molecule has 0 fully saturated rings. The van der Waals surface area contributed by atoms with Gasteiger partial charge in [0.25, 0.3) is 11.6 Å². The van der Waals surface area contributed by atoms with Gasteiger partial charge >= 0.3 is 0 Å². The van der Waals surface area contributed by atoms with Crippen LogP contribution in [0.15, 0.2) is 46.9 Å². The van der Waals surface area contributed by atoms with Gasteiger partial charge in [-0.15, -0.1) is 0 Å². The fourth-order valence-electron chi connectivity index (χ4n) is 1.94. The average molecular weight is 395 g/mol. The van der Waals surface area contributed by atoms with Gasteiger partial charge < -0.3 is 14.8 Å². The zero-order valence-electron chi connectivity index (χ0n) is 13.0. The number of rotatable bonds is 6. The molecule has 2 rings (SSSR count). The van der Waals surface area contributed by atoms with E-state index >= 15 is 0 Å². The molecule has 24 heavy (non-hydrogen) atoms. The van der Waals surface area contributed by atoms with Crippen LogP contribution in [-0.2, 0) is 4.79 Å². The summed E-state index contributed by atoms with van der Waals surface area (Å²) in [6.45, 7) is 1.58. The first kappa shape index (κ1) is 17.7. The number of nitro benzene ring substituents is 1. The van der Waals surface area contributed by atoms with E-state index in [1.165, 1.54) is 25.3 Å². The number of nitrogens with zero attached hydrogens (tertiary/aromatic N) is 1. The Bertz CT molecular complexity index is 766. The number of amides is 1. The van der Waals surface area contributed by atoms with E-state index in [9.17, 15) is 14.9 Å². The molecule has 0 bridgehead atoms. The number of nitro groups is 1. The maximum absolute atomic E-state index is 12.3. The molecule has 0 aliphatic carbocycles. The van der Waals surface area contributed by atoms with E-state index in [4.69, 9.17) is 9.47 Å². The minimum absolute atomic E-state index is 0.147. The van der Waals surface area contributed by atoms with Gasteiger partial charge in [0, 0.05) is 16.6 Å². The molecule has 2 aromatic carbocycles. The Labute approximate surface area is 146 Å². The molecular formula is C16H15BrN2O5. The lowest BCUT2D eigenvalue weighted by Gasteiger charge is -2.16. The van der Waals surface area contributed by atoms with Crippen molar-refractivity contribution >= 4 is 33.2 Å². The van der Waals surface area contributed by atoms with Gasteiger partial charge in [-0.25, -0.2) is 0 Å². The van der Waals surface area contributed by atoms with Crippen molar-refractivity contribution in [2.75, 3.05) is 12.4 Å². The molecular weight excluding hydrogens is 380 g/mol. The standard InChI is InChI=1S/C16H15BrN2O5/c1-10(24-13-5-3-4-11(17)8-13)16(20)18-14-9-12(19(21)22)6-7-15(14)23-2/h3-10H,1-2H3,(H,18,20)/t10-/m1/s1. The molecule has 0 unspecified atom stereocenters. The molecule has 1 amide bonds. The number of carbonyl (C=O) groups is 1. The average Bonchev–Trinajstić information content (AvgIpc) is 2.54. The van der Waals surface area contributed by atoms with Crippen LogP contribution < -0.4 is 14.8 Å². The predicted octanol–water partition coefficient (Wildman–Crippen LogP) is 3.77. The quantitative estimate of drug-likeness (QED) is 0.594. The van der Waals surface area contributed by atoms with Crippen LogP contribution in [0.4, 0.5) is 11.4 Å². The lowest BCUT2D eigenvalue weighted by Crippen LogP contribution is -2.30. The van der Waals surface area contributed by atoms with Gasteiger partial charge in [-0.3, -0.25) is 14.9 Å². The number of non-ortho nitro benzene ring substituents is 1. The number of benzene rings is 2. The topological polar surface area (TPSA) is 90.7 Å². The lowest BCUT2D eigenvalue weighted by molar-refractivity contribution is -0.384. The highest BCUT2D eigenvalue weighted by Crippen LogP contribution is 2.29. The molecule has 0 saturated carbocycles. The van der Waals surface area contributed by atoms with E-state index < -0.39 is 16.9 Å². The number of nitrogens with one attached hydrogen (secondary N) is 1. The van der Waals surface area contributed by atoms with Crippen molar-refractivity contribution in [1.29, 1.82) is 0 Å². The van der Waals surface area contributed by atoms with E-state index in [0.717, 1.165) is 4.47 Å². The third kappa shape index (κ3) is 4.45. The summed E-state index contributed by atoms with van der Waals surface area (Å²) in [6.07, 6.45) is -0.803. The molecule has 0 radical (unpaired) electrons. The summed E-state index contributed by atoms with van der Waals surface area (Å²) in [4.78, 5) is 22.6. The van der Waals surface area contributed by atoms with Crippen LogP contribution in [0.1, 0.15) is 6.92 Å². The van der Waals surface area contributed by atoms with Gasteiger partial charge in [0.05, 0.1) is 17.7 Å². The number of carbonyl (C=O) groups excluding carboxylic acids is 1. The lowest BCUT2D eigenvalue weighted by atomic mass is 10.2. The normalized spacial score (nSPS) is 11.5. The molecule has 1 atom stereocenters. The van der Waals surface area contributed by atoms with E-state index in [1.807, 2.05) is 6.07 Å². The van der Waals surface area contributed by atoms with Crippen molar-refractivity contribution in [3.05, 3.63) is 57.1 Å². The highest BCUT2D eigenvalue weighted by atomic mass is 79.9. The molecule has 0 aromatic heterocycles. The molecule has 7 nitrogen and oxygen atoms in total. The molecule has 8 heteroatoms. The van der Waals surface area contributed by atoms with E-state index in [1.54, 1.807) is 25.1 Å². The minimum atomic E-state index is -0.803. The third-order valence-corrected chi connectivity index (χ3v) is 3.62. The second-order valence-corrected chi connectivity index (χ2v) is 5.76. The van der Waals surface area contributed by atoms with Crippen LogP contribution in [0.25, 0.3) is 0 Å². The van der Waals surface area contributed by atoms with Gasteiger partial charge in [-0.2, -0.15) is 0 Å². The summed E-state index contributed by atoms with van der Waals surface area (Å²) < 4.78 is 11.5. The third-order valence-electron chi connectivity index (χ3n) is 3.13. The first-order valence-corrected chi connectivity index (χ1v) is 7.75. The van der Waals surface area contributed by atoms with E-state index in [0.29, 0.717) is 11.5 Å². The van der Waals surface area contributed by atoms with Crippen LogP contribution in [0, 0.1) is 10.1 Å². The number of anilines is 1. The Hall–Kier alpha value is -2.61. The Morgan fingerprint density at radius 2 is 2.04 bits per heavy atom. The van der Waals surface area contributed by atoms with Gasteiger partial charge in [0.1, 0.15) is 11.5 Å². The minimum Gasteiger partial charge on any atom is -0.495 e. The molecule has 0 spiro atoms. The van der Waals surface area contributed by atoms with Crippen molar-refractivity contribution < 1.29 is 19.2 Å². The fourth-order valence-corrected chi connectivity index (χ4v) is 2.32. The van der Waals surface area contributed by atoms with E-state index in [2.05, 4.69) is 21.2 Å². The molecule has 0 aliphatic rings. The number of halogens is 1. The van der Waals surface area contributed by atoms with Gasteiger partial charge in [0.15, 0.2) is 6.10 Å². The van der Waals surface area contributed by atoms with Crippen LogP contribution in [-0.4, -0.2) is 24.0 Å². The van der Waals surface area contributed by atoms with Crippen molar-refractivity contribution in [2.45, 2.75) is 13.0 Å². The largest absolute Gasteiger partial charge is 0.495 e. The zero-order valence-corrected chi connectivity index (χ0v) is 14.6. The predicted molar refractivity (Wildman–Crippen MR) is 92.5 cm³/mol. The molecule has 1 N–H and O–H groups in total. The fraction of sp³-hybridized carbons (Fsp3) is 0.188. The summed E-state index contributed by atoms with van der Waals surface area (Å²) in [5.41, 5.74) is 0.0630. The Kier molecular flexibility index (Phi) is 5.75. The highest BCUT2D eigenvalue weighted by Gasteiger charge is 2.19. The zero-order chi connectivity index (χ0) is 17.7. The number of hydrogen-bond donors (Lipinski definition) is 1. The van der Waals surface area contributed by atoms with Crippen LogP contribution >= 0.6 is 15.9 Å². The molecule has 2 aromatic rings. The van der Waals surface area contributed by atoms with Crippen molar-refractivity contribution in [2.24, 2.45) is 0 Å². The summed E-state index contributed by atoms with van der Waals surface area (Å²) in [6, 6.07) is 11.0.